The van der Waals surface area contributed by atoms with Crippen LogP contribution in [0.4, 0.5) is 5.69 Å². The van der Waals surface area contributed by atoms with Crippen LogP contribution in [-0.2, 0) is 0 Å². The zero-order chi connectivity index (χ0) is 12.2. The normalized spacial score (nSPS) is 11.0. The molecular formula is C13H20N2S. The third kappa shape index (κ3) is 3.49. The van der Waals surface area contributed by atoms with Gasteiger partial charge in [-0.05, 0) is 44.6 Å². The van der Waals surface area contributed by atoms with Gasteiger partial charge in [0.05, 0.1) is 0 Å². The van der Waals surface area contributed by atoms with Crippen LogP contribution in [0.1, 0.15) is 27.2 Å². The third-order valence-corrected chi connectivity index (χ3v) is 3.15. The van der Waals surface area contributed by atoms with Gasteiger partial charge in [-0.1, -0.05) is 25.1 Å². The van der Waals surface area contributed by atoms with E-state index in [1.54, 1.807) is 0 Å². The highest BCUT2D eigenvalue weighted by atomic mass is 32.1. The molecule has 16 heavy (non-hydrogen) atoms. The fourth-order valence-electron chi connectivity index (χ4n) is 1.23. The Bertz CT molecular complexity index is 346. The Morgan fingerprint density at radius 3 is 2.38 bits per heavy atom. The van der Waals surface area contributed by atoms with E-state index in [4.69, 9.17) is 12.2 Å². The molecular weight excluding hydrogens is 216 g/mol. The van der Waals surface area contributed by atoms with Gasteiger partial charge in [0.2, 0.25) is 0 Å². The summed E-state index contributed by atoms with van der Waals surface area (Å²) in [6.07, 6.45) is 1.04. The van der Waals surface area contributed by atoms with Gasteiger partial charge >= 0.3 is 0 Å². The molecule has 1 aromatic rings. The molecule has 3 heteroatoms. The van der Waals surface area contributed by atoms with Crippen molar-refractivity contribution in [1.82, 2.24) is 5.32 Å². The molecule has 0 atom stereocenters. The topological polar surface area (TPSA) is 15.3 Å². The fourth-order valence-corrected chi connectivity index (χ4v) is 1.61. The largest absolute Gasteiger partial charge is 0.357 e. The summed E-state index contributed by atoms with van der Waals surface area (Å²) in [5, 5.41) is 4.12. The number of rotatable bonds is 3. The van der Waals surface area contributed by atoms with Gasteiger partial charge in [0, 0.05) is 18.3 Å². The summed E-state index contributed by atoms with van der Waals surface area (Å²) in [6, 6.07) is 10.1. The number of anilines is 1. The van der Waals surface area contributed by atoms with Crippen molar-refractivity contribution in [2.24, 2.45) is 0 Å². The predicted octanol–water partition coefficient (Wildman–Crippen LogP) is 3.19. The Morgan fingerprint density at radius 2 is 1.88 bits per heavy atom. The van der Waals surface area contributed by atoms with Gasteiger partial charge in [-0.2, -0.15) is 0 Å². The SMILES string of the molecule is CCC(C)(C)NC(=S)N(C)c1ccccc1. The minimum absolute atomic E-state index is 0.0418. The molecule has 2 nitrogen and oxygen atoms in total. The van der Waals surface area contributed by atoms with E-state index in [-0.39, 0.29) is 5.54 Å². The first-order valence-electron chi connectivity index (χ1n) is 5.57. The molecule has 0 bridgehead atoms. The molecule has 88 valence electrons. The first-order valence-corrected chi connectivity index (χ1v) is 5.98. The summed E-state index contributed by atoms with van der Waals surface area (Å²) in [7, 11) is 1.98. The van der Waals surface area contributed by atoms with Crippen molar-refractivity contribution in [1.29, 1.82) is 0 Å². The maximum atomic E-state index is 5.39. The van der Waals surface area contributed by atoms with Crippen molar-refractivity contribution in [2.45, 2.75) is 32.7 Å². The molecule has 0 aliphatic rings. The van der Waals surface area contributed by atoms with E-state index in [0.717, 1.165) is 17.2 Å². The number of benzene rings is 1. The maximum absolute atomic E-state index is 5.39. The van der Waals surface area contributed by atoms with Crippen LogP contribution in [0.3, 0.4) is 0 Å². The van der Waals surface area contributed by atoms with E-state index >= 15 is 0 Å². The molecule has 0 saturated heterocycles. The first-order chi connectivity index (χ1) is 7.46. The van der Waals surface area contributed by atoms with E-state index in [0.29, 0.717) is 0 Å². The number of hydrogen-bond donors (Lipinski definition) is 1. The van der Waals surface area contributed by atoms with Crippen molar-refractivity contribution in [3.8, 4) is 0 Å². The number of nitrogens with zero attached hydrogens (tertiary/aromatic N) is 1. The van der Waals surface area contributed by atoms with Gasteiger partial charge < -0.3 is 10.2 Å². The van der Waals surface area contributed by atoms with Crippen molar-refractivity contribution in [2.75, 3.05) is 11.9 Å². The number of thiocarbonyl (C=S) groups is 1. The highest BCUT2D eigenvalue weighted by Gasteiger charge is 2.17. The summed E-state index contributed by atoms with van der Waals surface area (Å²) in [5.41, 5.74) is 1.15. The molecule has 0 unspecified atom stereocenters. The number of nitrogens with one attached hydrogen (secondary N) is 1. The molecule has 0 spiro atoms. The molecule has 0 aromatic heterocycles. The second-order valence-corrected chi connectivity index (χ2v) is 4.95. The van der Waals surface area contributed by atoms with Gasteiger partial charge in [0.15, 0.2) is 5.11 Å². The van der Waals surface area contributed by atoms with Crippen LogP contribution < -0.4 is 10.2 Å². The van der Waals surface area contributed by atoms with Gasteiger partial charge in [-0.15, -0.1) is 0 Å². The summed E-state index contributed by atoms with van der Waals surface area (Å²) in [5.74, 6) is 0. The van der Waals surface area contributed by atoms with Crippen LogP contribution in [-0.4, -0.2) is 17.7 Å². The Labute approximate surface area is 104 Å². The van der Waals surface area contributed by atoms with Crippen LogP contribution >= 0.6 is 12.2 Å². The lowest BCUT2D eigenvalue weighted by Crippen LogP contribution is -2.48. The van der Waals surface area contributed by atoms with Crippen molar-refractivity contribution in [3.63, 3.8) is 0 Å². The van der Waals surface area contributed by atoms with E-state index in [1.807, 2.05) is 42.3 Å². The lowest BCUT2D eigenvalue weighted by atomic mass is 10.0. The van der Waals surface area contributed by atoms with Crippen molar-refractivity contribution < 1.29 is 0 Å². The van der Waals surface area contributed by atoms with Gasteiger partial charge in [-0.3, -0.25) is 0 Å². The summed E-state index contributed by atoms with van der Waals surface area (Å²) in [4.78, 5) is 1.99. The van der Waals surface area contributed by atoms with E-state index in [1.165, 1.54) is 0 Å². The minimum atomic E-state index is 0.0418. The predicted molar refractivity (Wildman–Crippen MR) is 74.9 cm³/mol. The lowest BCUT2D eigenvalue weighted by molar-refractivity contribution is 0.446. The third-order valence-electron chi connectivity index (χ3n) is 2.78. The zero-order valence-electron chi connectivity index (χ0n) is 10.4. The minimum Gasteiger partial charge on any atom is -0.357 e. The Hall–Kier alpha value is -1.09. The quantitative estimate of drug-likeness (QED) is 0.811. The van der Waals surface area contributed by atoms with Crippen LogP contribution in [0.15, 0.2) is 30.3 Å². The summed E-state index contributed by atoms with van der Waals surface area (Å²) < 4.78 is 0. The molecule has 1 rings (SSSR count). The van der Waals surface area contributed by atoms with Gasteiger partial charge in [0.1, 0.15) is 0 Å². The summed E-state index contributed by atoms with van der Waals surface area (Å²) >= 11 is 5.39. The molecule has 0 fully saturated rings. The molecule has 1 N–H and O–H groups in total. The van der Waals surface area contributed by atoms with Crippen molar-refractivity contribution >= 4 is 23.0 Å². The molecule has 0 aliphatic carbocycles. The second kappa shape index (κ2) is 5.30. The van der Waals surface area contributed by atoms with E-state index < -0.39 is 0 Å². The average Bonchev–Trinajstić information content (AvgIpc) is 2.28. The van der Waals surface area contributed by atoms with Crippen LogP contribution in [0.2, 0.25) is 0 Å². The summed E-state index contributed by atoms with van der Waals surface area (Å²) in [6.45, 7) is 6.45. The molecule has 0 radical (unpaired) electrons. The molecule has 1 aromatic carbocycles. The second-order valence-electron chi connectivity index (χ2n) is 4.56. The van der Waals surface area contributed by atoms with E-state index in [9.17, 15) is 0 Å². The smallest absolute Gasteiger partial charge is 0.173 e. The molecule has 0 heterocycles. The molecule has 0 saturated carbocycles. The highest BCUT2D eigenvalue weighted by Crippen LogP contribution is 2.13. The standard InChI is InChI=1S/C13H20N2S/c1-5-13(2,3)14-12(16)15(4)11-9-7-6-8-10-11/h6-10H,5H2,1-4H3,(H,14,16). The van der Waals surface area contributed by atoms with Crippen LogP contribution in [0.5, 0.6) is 0 Å². The maximum Gasteiger partial charge on any atom is 0.173 e. The van der Waals surface area contributed by atoms with Crippen molar-refractivity contribution in [3.05, 3.63) is 30.3 Å². The van der Waals surface area contributed by atoms with Crippen LogP contribution in [0, 0.1) is 0 Å². The molecule has 0 amide bonds. The zero-order valence-corrected chi connectivity index (χ0v) is 11.3. The number of hydrogen-bond acceptors (Lipinski definition) is 1. The van der Waals surface area contributed by atoms with Gasteiger partial charge in [-0.25, -0.2) is 0 Å². The van der Waals surface area contributed by atoms with Gasteiger partial charge in [0.25, 0.3) is 0 Å². The fraction of sp³-hybridized carbons (Fsp3) is 0.462. The Morgan fingerprint density at radius 1 is 1.31 bits per heavy atom. The molecule has 0 aliphatic heterocycles. The first kappa shape index (κ1) is 13.0. The van der Waals surface area contributed by atoms with E-state index in [2.05, 4.69) is 26.1 Å². The average molecular weight is 236 g/mol. The number of para-hydroxylation sites is 1. The highest BCUT2D eigenvalue weighted by molar-refractivity contribution is 7.80. The Kier molecular flexibility index (Phi) is 4.30. The van der Waals surface area contributed by atoms with Crippen LogP contribution in [0.25, 0.3) is 0 Å². The monoisotopic (exact) mass is 236 g/mol. The Balaban J connectivity index is 2.69. The lowest BCUT2D eigenvalue weighted by Gasteiger charge is -2.30.